The first-order chi connectivity index (χ1) is 11.6. The van der Waals surface area contributed by atoms with Crippen molar-refractivity contribution in [1.82, 2.24) is 15.5 Å². The summed E-state index contributed by atoms with van der Waals surface area (Å²) < 4.78 is 31.1. The first-order valence-corrected chi connectivity index (χ1v) is 7.40. The molecule has 0 amide bonds. The second kappa shape index (κ2) is 7.14. The highest BCUT2D eigenvalue weighted by molar-refractivity contribution is 7.80. The molecule has 0 spiro atoms. The summed E-state index contributed by atoms with van der Waals surface area (Å²) in [6, 6.07) is 12.8. The molecule has 0 saturated carbocycles. The SMILES string of the molecule is Fc1ccc(NC(=S)NCc2nc(-c3ccccc3)no2)cc1F. The molecule has 0 aliphatic carbocycles. The van der Waals surface area contributed by atoms with Crippen molar-refractivity contribution < 1.29 is 13.3 Å². The maximum atomic E-state index is 13.1. The Morgan fingerprint density at radius 2 is 1.88 bits per heavy atom. The largest absolute Gasteiger partial charge is 0.353 e. The molecule has 3 rings (SSSR count). The normalized spacial score (nSPS) is 10.4. The Morgan fingerprint density at radius 1 is 1.08 bits per heavy atom. The highest BCUT2D eigenvalue weighted by Gasteiger charge is 2.09. The van der Waals surface area contributed by atoms with E-state index in [-0.39, 0.29) is 11.7 Å². The lowest BCUT2D eigenvalue weighted by atomic mass is 10.2. The fraction of sp³-hybridized carbons (Fsp3) is 0.0625. The van der Waals surface area contributed by atoms with Gasteiger partial charge in [0, 0.05) is 17.3 Å². The molecule has 1 heterocycles. The Kier molecular flexibility index (Phi) is 4.76. The van der Waals surface area contributed by atoms with Crippen LogP contribution in [-0.2, 0) is 6.54 Å². The number of hydrogen-bond acceptors (Lipinski definition) is 4. The number of nitrogens with one attached hydrogen (secondary N) is 2. The van der Waals surface area contributed by atoms with Crippen molar-refractivity contribution in [1.29, 1.82) is 0 Å². The third-order valence-electron chi connectivity index (χ3n) is 3.08. The van der Waals surface area contributed by atoms with Gasteiger partial charge < -0.3 is 15.2 Å². The monoisotopic (exact) mass is 346 g/mol. The van der Waals surface area contributed by atoms with Crippen molar-refractivity contribution in [2.45, 2.75) is 6.54 Å². The maximum absolute atomic E-state index is 13.1. The van der Waals surface area contributed by atoms with Crippen LogP contribution in [0.25, 0.3) is 11.4 Å². The standard InChI is InChI=1S/C16H12F2N4OS/c17-12-7-6-11(8-13(12)18)20-16(24)19-9-14-21-15(22-23-14)10-4-2-1-3-5-10/h1-8H,9H2,(H2,19,20,24). The summed E-state index contributed by atoms with van der Waals surface area (Å²) in [5.41, 5.74) is 1.18. The Morgan fingerprint density at radius 3 is 2.62 bits per heavy atom. The van der Waals surface area contributed by atoms with Crippen LogP contribution in [0.15, 0.2) is 53.1 Å². The van der Waals surface area contributed by atoms with Gasteiger partial charge in [0.1, 0.15) is 0 Å². The molecule has 0 radical (unpaired) electrons. The van der Waals surface area contributed by atoms with E-state index in [0.29, 0.717) is 17.4 Å². The Hall–Kier alpha value is -2.87. The molecule has 122 valence electrons. The lowest BCUT2D eigenvalue weighted by molar-refractivity contribution is 0.376. The average molecular weight is 346 g/mol. The van der Waals surface area contributed by atoms with Gasteiger partial charge in [-0.05, 0) is 24.4 Å². The fourth-order valence-corrected chi connectivity index (χ4v) is 2.13. The molecule has 3 aromatic rings. The minimum atomic E-state index is -0.952. The zero-order valence-electron chi connectivity index (χ0n) is 12.3. The van der Waals surface area contributed by atoms with Gasteiger partial charge in [-0.3, -0.25) is 0 Å². The van der Waals surface area contributed by atoms with Gasteiger partial charge in [-0.25, -0.2) is 8.78 Å². The Bertz CT molecular complexity index is 854. The van der Waals surface area contributed by atoms with E-state index in [2.05, 4.69) is 20.8 Å². The zero-order valence-corrected chi connectivity index (χ0v) is 13.1. The number of nitrogens with zero attached hydrogens (tertiary/aromatic N) is 2. The molecular formula is C16H12F2N4OS. The summed E-state index contributed by atoms with van der Waals surface area (Å²) in [5.74, 6) is -1.04. The van der Waals surface area contributed by atoms with E-state index in [1.807, 2.05) is 30.3 Å². The number of hydrogen-bond donors (Lipinski definition) is 2. The number of benzene rings is 2. The lowest BCUT2D eigenvalue weighted by Gasteiger charge is -2.08. The molecule has 5 nitrogen and oxygen atoms in total. The molecule has 0 aliphatic rings. The predicted octanol–water partition coefficient (Wildman–Crippen LogP) is 3.50. The smallest absolute Gasteiger partial charge is 0.246 e. The van der Waals surface area contributed by atoms with Gasteiger partial charge in [-0.1, -0.05) is 35.5 Å². The molecule has 24 heavy (non-hydrogen) atoms. The first-order valence-electron chi connectivity index (χ1n) is 7.00. The van der Waals surface area contributed by atoms with E-state index in [9.17, 15) is 8.78 Å². The molecular weight excluding hydrogens is 334 g/mol. The van der Waals surface area contributed by atoms with E-state index in [0.717, 1.165) is 17.7 Å². The number of halogens is 2. The number of aromatic nitrogens is 2. The number of rotatable bonds is 4. The Balaban J connectivity index is 1.56. The van der Waals surface area contributed by atoms with E-state index >= 15 is 0 Å². The quantitative estimate of drug-likeness (QED) is 0.705. The number of anilines is 1. The topological polar surface area (TPSA) is 63.0 Å². The molecule has 0 bridgehead atoms. The van der Waals surface area contributed by atoms with Crippen LogP contribution in [0.3, 0.4) is 0 Å². The summed E-state index contributed by atoms with van der Waals surface area (Å²) in [6.45, 7) is 0.204. The van der Waals surface area contributed by atoms with Crippen LogP contribution in [0.5, 0.6) is 0 Å². The maximum Gasteiger partial charge on any atom is 0.246 e. The van der Waals surface area contributed by atoms with E-state index < -0.39 is 11.6 Å². The molecule has 0 fully saturated rings. The van der Waals surface area contributed by atoms with Crippen LogP contribution in [0.2, 0.25) is 0 Å². The van der Waals surface area contributed by atoms with Gasteiger partial charge in [-0.15, -0.1) is 0 Å². The summed E-state index contributed by atoms with van der Waals surface area (Å²) in [6.07, 6.45) is 0. The third kappa shape index (κ3) is 3.90. The minimum absolute atomic E-state index is 0.204. The van der Waals surface area contributed by atoms with Crippen molar-refractivity contribution in [2.24, 2.45) is 0 Å². The van der Waals surface area contributed by atoms with Gasteiger partial charge >= 0.3 is 0 Å². The van der Waals surface area contributed by atoms with Crippen LogP contribution in [-0.4, -0.2) is 15.3 Å². The van der Waals surface area contributed by atoms with E-state index in [1.54, 1.807) is 0 Å². The van der Waals surface area contributed by atoms with Crippen molar-refractivity contribution in [3.63, 3.8) is 0 Å². The fourth-order valence-electron chi connectivity index (χ4n) is 1.94. The lowest BCUT2D eigenvalue weighted by Crippen LogP contribution is -2.28. The number of thiocarbonyl (C=S) groups is 1. The van der Waals surface area contributed by atoms with E-state index in [4.69, 9.17) is 16.7 Å². The predicted molar refractivity (Wildman–Crippen MR) is 89.2 cm³/mol. The van der Waals surface area contributed by atoms with Crippen LogP contribution in [0.4, 0.5) is 14.5 Å². The second-order valence-corrected chi connectivity index (χ2v) is 5.22. The van der Waals surface area contributed by atoms with Crippen LogP contribution >= 0.6 is 12.2 Å². The summed E-state index contributed by atoms with van der Waals surface area (Å²) in [4.78, 5) is 4.25. The minimum Gasteiger partial charge on any atom is -0.353 e. The second-order valence-electron chi connectivity index (χ2n) is 4.81. The van der Waals surface area contributed by atoms with Gasteiger partial charge in [-0.2, -0.15) is 4.98 Å². The zero-order chi connectivity index (χ0) is 16.9. The van der Waals surface area contributed by atoms with Gasteiger partial charge in [0.2, 0.25) is 11.7 Å². The summed E-state index contributed by atoms with van der Waals surface area (Å²) in [7, 11) is 0. The first kappa shape index (κ1) is 16.0. The highest BCUT2D eigenvalue weighted by atomic mass is 32.1. The average Bonchev–Trinajstić information content (AvgIpc) is 3.06. The van der Waals surface area contributed by atoms with Crippen molar-refractivity contribution in [3.05, 3.63) is 66.1 Å². The Labute approximate surface area is 141 Å². The molecule has 2 aromatic carbocycles. The molecule has 8 heteroatoms. The van der Waals surface area contributed by atoms with Crippen molar-refractivity contribution >= 4 is 23.0 Å². The van der Waals surface area contributed by atoms with Crippen LogP contribution in [0, 0.1) is 11.6 Å². The molecule has 0 aliphatic heterocycles. The van der Waals surface area contributed by atoms with Gasteiger partial charge in [0.05, 0.1) is 6.54 Å². The summed E-state index contributed by atoms with van der Waals surface area (Å²) in [5, 5.41) is 9.71. The third-order valence-corrected chi connectivity index (χ3v) is 3.32. The van der Waals surface area contributed by atoms with Gasteiger partial charge in [0.25, 0.3) is 0 Å². The molecule has 0 saturated heterocycles. The van der Waals surface area contributed by atoms with E-state index in [1.165, 1.54) is 6.07 Å². The molecule has 0 atom stereocenters. The highest BCUT2D eigenvalue weighted by Crippen LogP contribution is 2.15. The molecule has 1 aromatic heterocycles. The summed E-state index contributed by atoms with van der Waals surface area (Å²) >= 11 is 5.08. The molecule has 2 N–H and O–H groups in total. The molecule has 0 unspecified atom stereocenters. The van der Waals surface area contributed by atoms with Crippen LogP contribution < -0.4 is 10.6 Å². The van der Waals surface area contributed by atoms with Crippen molar-refractivity contribution in [3.8, 4) is 11.4 Å². The van der Waals surface area contributed by atoms with Crippen LogP contribution in [0.1, 0.15) is 5.89 Å². The van der Waals surface area contributed by atoms with Gasteiger partial charge in [0.15, 0.2) is 16.7 Å². The van der Waals surface area contributed by atoms with Crippen molar-refractivity contribution in [2.75, 3.05) is 5.32 Å².